The van der Waals surface area contributed by atoms with E-state index in [0.29, 0.717) is 42.6 Å². The molecule has 3 rings (SSSR count). The zero-order valence-electron chi connectivity index (χ0n) is 14.6. The van der Waals surface area contributed by atoms with Crippen LogP contribution in [-0.2, 0) is 21.1 Å². The van der Waals surface area contributed by atoms with E-state index < -0.39 is 9.84 Å². The molecule has 1 aliphatic rings. The molecule has 146 valence electrons. The van der Waals surface area contributed by atoms with Crippen LogP contribution in [0, 0.1) is 0 Å². The number of carbonyl (C=O) groups excluding carboxylic acids is 1. The Kier molecular flexibility index (Phi) is 6.81. The monoisotopic (exact) mass is 446 g/mol. The van der Waals surface area contributed by atoms with Gasteiger partial charge in [0, 0.05) is 46.0 Å². The van der Waals surface area contributed by atoms with E-state index in [9.17, 15) is 13.2 Å². The van der Waals surface area contributed by atoms with Crippen molar-refractivity contribution < 1.29 is 13.2 Å². The molecule has 27 heavy (non-hydrogen) atoms. The van der Waals surface area contributed by atoms with Crippen LogP contribution in [0.25, 0.3) is 10.4 Å². The van der Waals surface area contributed by atoms with Crippen molar-refractivity contribution in [2.45, 2.75) is 6.42 Å². The van der Waals surface area contributed by atoms with Gasteiger partial charge < -0.3 is 5.32 Å². The molecule has 5 nitrogen and oxygen atoms in total. The summed E-state index contributed by atoms with van der Waals surface area (Å²) in [5.41, 5.74) is 0.934. The quantitative estimate of drug-likeness (QED) is 0.739. The molecule has 1 fully saturated rings. The lowest BCUT2D eigenvalue weighted by Crippen LogP contribution is -2.44. The first-order valence-electron chi connectivity index (χ1n) is 8.55. The number of nitrogens with one attached hydrogen (secondary N) is 1. The van der Waals surface area contributed by atoms with Crippen LogP contribution >= 0.6 is 34.5 Å². The number of halogens is 2. The highest BCUT2D eigenvalue weighted by molar-refractivity contribution is 7.91. The van der Waals surface area contributed by atoms with E-state index in [1.807, 2.05) is 24.3 Å². The van der Waals surface area contributed by atoms with Crippen molar-refractivity contribution in [1.29, 1.82) is 0 Å². The average Bonchev–Trinajstić information content (AvgIpc) is 3.04. The van der Waals surface area contributed by atoms with Gasteiger partial charge in [-0.3, -0.25) is 9.69 Å². The number of thiophene rings is 1. The maximum absolute atomic E-state index is 12.2. The van der Waals surface area contributed by atoms with Gasteiger partial charge in [0.05, 0.1) is 17.9 Å². The van der Waals surface area contributed by atoms with Crippen molar-refractivity contribution in [2.75, 3.05) is 37.7 Å². The fraction of sp³-hybridized carbons (Fsp3) is 0.389. The van der Waals surface area contributed by atoms with Gasteiger partial charge in [0.25, 0.3) is 0 Å². The Morgan fingerprint density at radius 3 is 2.44 bits per heavy atom. The molecule has 0 saturated carbocycles. The van der Waals surface area contributed by atoms with E-state index >= 15 is 0 Å². The molecule has 0 spiro atoms. The van der Waals surface area contributed by atoms with Crippen LogP contribution in [0.1, 0.15) is 4.88 Å². The molecule has 0 unspecified atom stereocenters. The normalized spacial score (nSPS) is 17.0. The van der Waals surface area contributed by atoms with Crippen LogP contribution in [0.15, 0.2) is 30.3 Å². The fourth-order valence-corrected chi connectivity index (χ4v) is 5.67. The first-order valence-corrected chi connectivity index (χ1v) is 11.9. The summed E-state index contributed by atoms with van der Waals surface area (Å²) in [5.74, 6) is 0.357. The van der Waals surface area contributed by atoms with Crippen molar-refractivity contribution in [3.05, 3.63) is 45.3 Å². The highest BCUT2D eigenvalue weighted by Crippen LogP contribution is 2.32. The second kappa shape index (κ2) is 8.92. The molecule has 0 aliphatic carbocycles. The number of amides is 1. The van der Waals surface area contributed by atoms with Gasteiger partial charge in [-0.1, -0.05) is 23.2 Å². The summed E-state index contributed by atoms with van der Waals surface area (Å²) in [4.78, 5) is 16.2. The third-order valence-electron chi connectivity index (χ3n) is 4.33. The van der Waals surface area contributed by atoms with E-state index in [4.69, 9.17) is 23.2 Å². The Labute approximate surface area is 173 Å². The summed E-state index contributed by atoms with van der Waals surface area (Å²) in [7, 11) is -2.87. The maximum Gasteiger partial charge on any atom is 0.225 e. The van der Waals surface area contributed by atoms with Crippen LogP contribution < -0.4 is 5.32 Å². The average molecular weight is 447 g/mol. The van der Waals surface area contributed by atoms with E-state index in [2.05, 4.69) is 10.2 Å². The molecule has 1 aromatic carbocycles. The van der Waals surface area contributed by atoms with E-state index in [-0.39, 0.29) is 17.4 Å². The topological polar surface area (TPSA) is 66.5 Å². The Morgan fingerprint density at radius 2 is 1.78 bits per heavy atom. The van der Waals surface area contributed by atoms with Crippen molar-refractivity contribution in [3.8, 4) is 10.4 Å². The predicted octanol–water partition coefficient (Wildman–Crippen LogP) is 3.11. The van der Waals surface area contributed by atoms with Gasteiger partial charge in [0.1, 0.15) is 0 Å². The molecule has 0 radical (unpaired) electrons. The first-order chi connectivity index (χ1) is 12.8. The zero-order valence-corrected chi connectivity index (χ0v) is 17.7. The lowest BCUT2D eigenvalue weighted by Gasteiger charge is -2.26. The molecular formula is C18H20Cl2N2O3S2. The molecule has 1 N–H and O–H groups in total. The Bertz CT molecular complexity index is 894. The van der Waals surface area contributed by atoms with Crippen molar-refractivity contribution in [1.82, 2.24) is 10.2 Å². The third-order valence-corrected chi connectivity index (χ3v) is 7.51. The minimum absolute atomic E-state index is 0.0443. The van der Waals surface area contributed by atoms with Gasteiger partial charge in [-0.25, -0.2) is 8.42 Å². The van der Waals surface area contributed by atoms with Crippen LogP contribution in [0.4, 0.5) is 0 Å². The minimum Gasteiger partial charge on any atom is -0.355 e. The van der Waals surface area contributed by atoms with E-state index in [0.717, 1.165) is 15.3 Å². The van der Waals surface area contributed by atoms with Crippen LogP contribution in [-0.4, -0.2) is 56.9 Å². The minimum atomic E-state index is -2.87. The van der Waals surface area contributed by atoms with Crippen LogP contribution in [0.5, 0.6) is 0 Å². The summed E-state index contributed by atoms with van der Waals surface area (Å²) in [6, 6.07) is 9.28. The second-order valence-electron chi connectivity index (χ2n) is 6.44. The van der Waals surface area contributed by atoms with Gasteiger partial charge in [0.2, 0.25) is 5.91 Å². The fourth-order valence-electron chi connectivity index (χ4n) is 2.87. The van der Waals surface area contributed by atoms with E-state index in [1.54, 1.807) is 6.07 Å². The summed E-state index contributed by atoms with van der Waals surface area (Å²) in [5, 5.41) is 4.06. The van der Waals surface area contributed by atoms with Crippen molar-refractivity contribution in [3.63, 3.8) is 0 Å². The van der Waals surface area contributed by atoms with Gasteiger partial charge in [-0.2, -0.15) is 0 Å². The third kappa shape index (κ3) is 6.19. The largest absolute Gasteiger partial charge is 0.355 e. The number of carbonyl (C=O) groups is 1. The van der Waals surface area contributed by atoms with Crippen molar-refractivity contribution in [2.24, 2.45) is 0 Å². The number of nitrogens with zero attached hydrogens (tertiary/aromatic N) is 1. The van der Waals surface area contributed by atoms with Gasteiger partial charge in [-0.05, 0) is 35.9 Å². The first kappa shape index (κ1) is 20.6. The molecule has 0 atom stereocenters. The second-order valence-corrected chi connectivity index (χ2v) is 10.8. The van der Waals surface area contributed by atoms with E-state index in [1.165, 1.54) is 11.3 Å². The number of hydrogen-bond acceptors (Lipinski definition) is 5. The summed E-state index contributed by atoms with van der Waals surface area (Å²) >= 11 is 13.6. The standard InChI is InChI=1S/C18H20Cl2N2O3S2/c19-14-9-13(10-15(20)11-14)17-2-1-16(26-17)12-18(23)21-3-4-22-5-7-27(24,25)8-6-22/h1-2,9-11H,3-8,12H2,(H,21,23). The van der Waals surface area contributed by atoms with Gasteiger partial charge in [-0.15, -0.1) is 11.3 Å². The summed E-state index contributed by atoms with van der Waals surface area (Å²) in [6.07, 6.45) is 0.313. The maximum atomic E-state index is 12.2. The molecule has 1 aliphatic heterocycles. The molecule has 0 bridgehead atoms. The highest BCUT2D eigenvalue weighted by Gasteiger charge is 2.21. The van der Waals surface area contributed by atoms with Gasteiger partial charge >= 0.3 is 0 Å². The van der Waals surface area contributed by atoms with Gasteiger partial charge in [0.15, 0.2) is 9.84 Å². The number of sulfone groups is 1. The van der Waals surface area contributed by atoms with Crippen LogP contribution in [0.2, 0.25) is 10.0 Å². The lowest BCUT2D eigenvalue weighted by atomic mass is 10.2. The molecule has 2 heterocycles. The molecule has 1 amide bonds. The molecular weight excluding hydrogens is 427 g/mol. The Hall–Kier alpha value is -1.12. The van der Waals surface area contributed by atoms with Crippen molar-refractivity contribution >= 4 is 50.3 Å². The molecule has 9 heteroatoms. The Morgan fingerprint density at radius 1 is 1.11 bits per heavy atom. The lowest BCUT2D eigenvalue weighted by molar-refractivity contribution is -0.120. The Balaban J connectivity index is 1.47. The van der Waals surface area contributed by atoms with Crippen LogP contribution in [0.3, 0.4) is 0 Å². The molecule has 1 saturated heterocycles. The highest BCUT2D eigenvalue weighted by atomic mass is 35.5. The molecule has 2 aromatic rings. The summed E-state index contributed by atoms with van der Waals surface area (Å²) in [6.45, 7) is 2.25. The number of benzene rings is 1. The SMILES string of the molecule is O=C(Cc1ccc(-c2cc(Cl)cc(Cl)c2)s1)NCCN1CCS(=O)(=O)CC1. The predicted molar refractivity (Wildman–Crippen MR) is 112 cm³/mol. The molecule has 1 aromatic heterocycles. The zero-order chi connectivity index (χ0) is 19.4. The number of rotatable bonds is 6. The number of hydrogen-bond donors (Lipinski definition) is 1. The smallest absolute Gasteiger partial charge is 0.225 e. The summed E-state index contributed by atoms with van der Waals surface area (Å²) < 4.78 is 22.8.